The molecule has 0 saturated heterocycles. The molecule has 246 valence electrons. The van der Waals surface area contributed by atoms with Gasteiger partial charge in [-0.3, -0.25) is 14.4 Å². The van der Waals surface area contributed by atoms with E-state index in [9.17, 15) is 29.1 Å². The second-order valence-electron chi connectivity index (χ2n) is 12.6. The third kappa shape index (κ3) is 12.5. The highest BCUT2D eigenvalue weighted by Crippen LogP contribution is 2.26. The van der Waals surface area contributed by atoms with Gasteiger partial charge in [0.2, 0.25) is 17.7 Å². The van der Waals surface area contributed by atoms with Crippen LogP contribution >= 0.6 is 0 Å². The lowest BCUT2D eigenvalue weighted by Crippen LogP contribution is -2.55. The van der Waals surface area contributed by atoms with Gasteiger partial charge in [-0.2, -0.15) is 0 Å². The molecule has 5 N–H and O–H groups in total. The van der Waals surface area contributed by atoms with Crippen molar-refractivity contribution in [2.75, 3.05) is 6.54 Å². The Hall–Kier alpha value is -4.61. The summed E-state index contributed by atoms with van der Waals surface area (Å²) in [5.74, 6) is -2.79. The molecule has 0 fully saturated rings. The number of nitrogens with one attached hydrogen (secondary N) is 2. The molecule has 0 bridgehead atoms. The van der Waals surface area contributed by atoms with Crippen molar-refractivity contribution in [1.82, 2.24) is 15.5 Å². The molecule has 0 aromatic heterocycles. The van der Waals surface area contributed by atoms with Gasteiger partial charge in [-0.25, -0.2) is 9.59 Å². The summed E-state index contributed by atoms with van der Waals surface area (Å²) in [4.78, 5) is 67.0. The number of alkyl carbamates (subject to hydrolysis) is 1. The van der Waals surface area contributed by atoms with Crippen molar-refractivity contribution in [2.24, 2.45) is 5.73 Å². The molecule has 0 aliphatic rings. The number of nitrogens with two attached hydrogens (primary N) is 1. The molecule has 0 radical (unpaired) electrons. The van der Waals surface area contributed by atoms with Crippen molar-refractivity contribution in [3.63, 3.8) is 0 Å². The molecule has 0 spiro atoms. The van der Waals surface area contributed by atoms with E-state index in [1.54, 1.807) is 48.5 Å². The Morgan fingerprint density at radius 2 is 1.42 bits per heavy atom. The van der Waals surface area contributed by atoms with Gasteiger partial charge in [-0.15, -0.1) is 0 Å². The number of aromatic hydroxyl groups is 1. The fraction of sp³-hybridized carbons (Fsp3) is 0.485. The molecular formula is C33H46N4O8. The van der Waals surface area contributed by atoms with Gasteiger partial charge >= 0.3 is 12.1 Å². The van der Waals surface area contributed by atoms with Gasteiger partial charge < -0.3 is 35.8 Å². The monoisotopic (exact) mass is 626 g/mol. The number of amides is 4. The van der Waals surface area contributed by atoms with E-state index in [0.717, 1.165) is 5.56 Å². The highest BCUT2D eigenvalue weighted by atomic mass is 16.6. The quantitative estimate of drug-likeness (QED) is 0.244. The lowest BCUT2D eigenvalue weighted by Gasteiger charge is -2.34. The summed E-state index contributed by atoms with van der Waals surface area (Å²) in [6.45, 7) is 11.8. The number of benzene rings is 2. The zero-order valence-corrected chi connectivity index (χ0v) is 27.1. The van der Waals surface area contributed by atoms with Gasteiger partial charge in [0.05, 0.1) is 0 Å². The van der Waals surface area contributed by atoms with Gasteiger partial charge in [0.1, 0.15) is 35.1 Å². The number of phenolic OH excluding ortho intramolecular Hbond substituents is 1. The lowest BCUT2D eigenvalue weighted by molar-refractivity contribution is -0.159. The SMILES string of the molecule is CCN(C(=O)C(CCC(N)=O)NC(=O)OC(C)(C)C)C(C(=O)NC(Cc1ccccc1)C(=O)OC(C)(C)C)c1ccc(O)cc1. The zero-order valence-electron chi connectivity index (χ0n) is 27.1. The number of likely N-dealkylation sites (N-methyl/N-ethyl adjacent to an activating group) is 1. The molecule has 0 aliphatic heterocycles. The normalized spacial score (nSPS) is 13.5. The summed E-state index contributed by atoms with van der Waals surface area (Å²) < 4.78 is 10.9. The van der Waals surface area contributed by atoms with E-state index in [0.29, 0.717) is 5.56 Å². The van der Waals surface area contributed by atoms with Crippen LogP contribution in [-0.2, 0) is 35.1 Å². The minimum atomic E-state index is -1.31. The lowest BCUT2D eigenvalue weighted by atomic mass is 10.00. The van der Waals surface area contributed by atoms with E-state index in [4.69, 9.17) is 15.2 Å². The second kappa shape index (κ2) is 15.9. The first kappa shape index (κ1) is 36.6. The topological polar surface area (TPSA) is 177 Å². The number of hydrogen-bond acceptors (Lipinski definition) is 8. The molecule has 12 nitrogen and oxygen atoms in total. The Kier molecular flexibility index (Phi) is 12.9. The Morgan fingerprint density at radius 3 is 1.93 bits per heavy atom. The zero-order chi connectivity index (χ0) is 33.9. The number of carbonyl (C=O) groups excluding carboxylic acids is 5. The van der Waals surface area contributed by atoms with E-state index in [1.807, 2.05) is 30.3 Å². The van der Waals surface area contributed by atoms with Crippen molar-refractivity contribution < 1.29 is 38.6 Å². The first-order valence-corrected chi connectivity index (χ1v) is 14.8. The number of phenols is 1. The number of nitrogens with zero attached hydrogens (tertiary/aromatic N) is 1. The molecule has 3 atom stereocenters. The summed E-state index contributed by atoms with van der Waals surface area (Å²) in [7, 11) is 0. The van der Waals surface area contributed by atoms with E-state index in [-0.39, 0.29) is 31.6 Å². The number of primary amides is 1. The van der Waals surface area contributed by atoms with Crippen LogP contribution in [0.2, 0.25) is 0 Å². The Morgan fingerprint density at radius 1 is 0.844 bits per heavy atom. The van der Waals surface area contributed by atoms with Gasteiger partial charge in [0.15, 0.2) is 0 Å². The maximum absolute atomic E-state index is 14.1. The molecule has 45 heavy (non-hydrogen) atoms. The van der Waals surface area contributed by atoms with Crippen LogP contribution in [0.5, 0.6) is 5.75 Å². The van der Waals surface area contributed by atoms with Crippen molar-refractivity contribution >= 4 is 29.8 Å². The van der Waals surface area contributed by atoms with Crippen LogP contribution in [-0.4, -0.2) is 69.6 Å². The Labute approximate surface area is 264 Å². The van der Waals surface area contributed by atoms with Crippen LogP contribution in [0, 0.1) is 0 Å². The van der Waals surface area contributed by atoms with Gasteiger partial charge in [-0.1, -0.05) is 42.5 Å². The second-order valence-corrected chi connectivity index (χ2v) is 12.6. The van der Waals surface area contributed by atoms with Gasteiger partial charge in [-0.05, 0) is 78.1 Å². The van der Waals surface area contributed by atoms with Crippen LogP contribution in [0.3, 0.4) is 0 Å². The van der Waals surface area contributed by atoms with E-state index in [1.165, 1.54) is 29.2 Å². The number of hydrogen-bond donors (Lipinski definition) is 4. The van der Waals surface area contributed by atoms with Crippen molar-refractivity contribution in [2.45, 2.75) is 97.1 Å². The van der Waals surface area contributed by atoms with E-state index >= 15 is 0 Å². The summed E-state index contributed by atoms with van der Waals surface area (Å²) in [5, 5.41) is 15.2. The Balaban J connectivity index is 2.53. The molecule has 12 heteroatoms. The number of rotatable bonds is 13. The van der Waals surface area contributed by atoms with Crippen LogP contribution < -0.4 is 16.4 Å². The predicted octanol–water partition coefficient (Wildman–Crippen LogP) is 3.51. The van der Waals surface area contributed by atoms with Crippen molar-refractivity contribution in [3.8, 4) is 5.75 Å². The molecule has 4 amide bonds. The highest BCUT2D eigenvalue weighted by Gasteiger charge is 2.38. The summed E-state index contributed by atoms with van der Waals surface area (Å²) in [6.07, 6.45) is -1.15. The summed E-state index contributed by atoms with van der Waals surface area (Å²) >= 11 is 0. The highest BCUT2D eigenvalue weighted by molar-refractivity contribution is 5.94. The molecule has 2 aromatic carbocycles. The molecule has 2 rings (SSSR count). The average molecular weight is 627 g/mol. The predicted molar refractivity (Wildman–Crippen MR) is 168 cm³/mol. The third-order valence-electron chi connectivity index (χ3n) is 6.35. The minimum absolute atomic E-state index is 0.00332. The van der Waals surface area contributed by atoms with Crippen molar-refractivity contribution in [3.05, 3.63) is 65.7 Å². The summed E-state index contributed by atoms with van der Waals surface area (Å²) in [6, 6.07) is 11.1. The van der Waals surface area contributed by atoms with Crippen LogP contribution in [0.15, 0.2) is 54.6 Å². The number of esters is 1. The van der Waals surface area contributed by atoms with Crippen LogP contribution in [0.25, 0.3) is 0 Å². The first-order valence-electron chi connectivity index (χ1n) is 14.8. The molecular weight excluding hydrogens is 580 g/mol. The molecule has 2 aromatic rings. The van der Waals surface area contributed by atoms with Crippen LogP contribution in [0.4, 0.5) is 4.79 Å². The van der Waals surface area contributed by atoms with E-state index < -0.39 is 59.1 Å². The van der Waals surface area contributed by atoms with Gasteiger partial charge in [0, 0.05) is 19.4 Å². The number of carbonyl (C=O) groups is 5. The first-order chi connectivity index (χ1) is 20.9. The molecule has 3 unspecified atom stereocenters. The molecule has 0 aliphatic carbocycles. The number of ether oxygens (including phenoxy) is 2. The minimum Gasteiger partial charge on any atom is -0.508 e. The van der Waals surface area contributed by atoms with E-state index in [2.05, 4.69) is 10.6 Å². The van der Waals surface area contributed by atoms with Crippen LogP contribution in [0.1, 0.15) is 78.5 Å². The summed E-state index contributed by atoms with van der Waals surface area (Å²) in [5.41, 5.74) is 4.74. The molecule has 0 heterocycles. The molecule has 0 saturated carbocycles. The fourth-order valence-corrected chi connectivity index (χ4v) is 4.46. The maximum atomic E-state index is 14.1. The third-order valence-corrected chi connectivity index (χ3v) is 6.35. The smallest absolute Gasteiger partial charge is 0.408 e. The van der Waals surface area contributed by atoms with Gasteiger partial charge in [0.25, 0.3) is 0 Å². The fourth-order valence-electron chi connectivity index (χ4n) is 4.46. The maximum Gasteiger partial charge on any atom is 0.408 e. The van der Waals surface area contributed by atoms with Crippen molar-refractivity contribution in [1.29, 1.82) is 0 Å². The largest absolute Gasteiger partial charge is 0.508 e. The average Bonchev–Trinajstić information content (AvgIpc) is 2.92. The Bertz CT molecular complexity index is 1320. The standard InChI is InChI=1S/C33H46N4O8/c1-8-37(29(41)24(18-19-26(34)39)36-31(43)45-33(5,6)7)27(22-14-16-23(38)17-15-22)28(40)35-25(30(42)44-32(2,3)4)20-21-12-10-9-11-13-21/h9-17,24-25,27,38H,8,18-20H2,1-7H3,(H2,34,39)(H,35,40)(H,36,43).